The Bertz CT molecular complexity index is 1820. The summed E-state index contributed by atoms with van der Waals surface area (Å²) < 4.78 is 56.8. The minimum absolute atomic E-state index is 0.00843. The van der Waals surface area contributed by atoms with E-state index in [4.69, 9.17) is 26.1 Å². The van der Waals surface area contributed by atoms with Crippen LogP contribution in [0.25, 0.3) is 22.3 Å². The number of hydrogen-bond acceptors (Lipinski definition) is 5. The van der Waals surface area contributed by atoms with Gasteiger partial charge < -0.3 is 19.1 Å². The third-order valence-corrected chi connectivity index (χ3v) is 7.35. The second-order valence-corrected chi connectivity index (χ2v) is 10.4. The summed E-state index contributed by atoms with van der Waals surface area (Å²) in [4.78, 5) is 20.4. The first-order valence-electron chi connectivity index (χ1n) is 13.1. The van der Waals surface area contributed by atoms with E-state index in [2.05, 4.69) is 4.98 Å². The van der Waals surface area contributed by atoms with Gasteiger partial charge in [-0.3, -0.25) is 0 Å². The number of carboxylic acids is 1. The van der Waals surface area contributed by atoms with Crippen LogP contribution >= 0.6 is 11.6 Å². The smallest absolute Gasteiger partial charge is 0.335 e. The molecule has 0 spiro atoms. The van der Waals surface area contributed by atoms with Gasteiger partial charge in [-0.15, -0.1) is 0 Å². The quantitative estimate of drug-likeness (QED) is 0.202. The van der Waals surface area contributed by atoms with Crippen molar-refractivity contribution < 1.29 is 32.5 Å². The number of fused-ring (bicyclic) bond motifs is 1. The average Bonchev–Trinajstić information content (AvgIpc) is 3.27. The summed E-state index contributed by atoms with van der Waals surface area (Å²) in [6.07, 6.45) is 1.15. The maximum Gasteiger partial charge on any atom is 0.335 e. The van der Waals surface area contributed by atoms with E-state index in [1.54, 1.807) is 18.2 Å². The molecule has 7 nitrogen and oxygen atoms in total. The lowest BCUT2D eigenvalue weighted by molar-refractivity contribution is -0.0589. The van der Waals surface area contributed by atoms with Crippen LogP contribution in [0.15, 0.2) is 66.7 Å². The summed E-state index contributed by atoms with van der Waals surface area (Å²) in [6.45, 7) is 0.873. The second kappa shape index (κ2) is 11.5. The molecule has 3 aromatic carbocycles. The largest absolute Gasteiger partial charge is 0.478 e. The maximum absolute atomic E-state index is 15.4. The van der Waals surface area contributed by atoms with E-state index < -0.39 is 29.3 Å². The third kappa shape index (κ3) is 5.68. The first-order chi connectivity index (χ1) is 20.2. The molecule has 1 aliphatic rings. The molecule has 1 N–H and O–H groups in total. The van der Waals surface area contributed by atoms with Gasteiger partial charge in [-0.1, -0.05) is 23.7 Å². The number of ether oxygens (including phenoxy) is 2. The first kappa shape index (κ1) is 27.7. The highest BCUT2D eigenvalue weighted by atomic mass is 35.5. The average molecular weight is 594 g/mol. The number of carboxylic acid groups (broad SMARTS) is 1. The standard InChI is InChI=1S/C31H23ClF3N3O4/c32-20-4-2-19(24(34)14-20)16-42-30-23(33)6-8-26(37-30)22-5-1-17(11-25(22)35)12-29-36-27-7-3-18(31(39)40)13-28(27)38(29)15-21-9-10-41-21/h1-8,11,13-14,21H,9-10,12,15-16H2,(H,39,40)/t21-/m0/s1. The lowest BCUT2D eigenvalue weighted by Crippen LogP contribution is -2.31. The van der Waals surface area contributed by atoms with Crippen LogP contribution in [-0.2, 0) is 24.3 Å². The van der Waals surface area contributed by atoms with E-state index in [9.17, 15) is 18.7 Å². The van der Waals surface area contributed by atoms with Crippen LogP contribution in [0.1, 0.15) is 33.7 Å². The normalized spacial score (nSPS) is 14.6. The minimum Gasteiger partial charge on any atom is -0.478 e. The van der Waals surface area contributed by atoms with Crippen molar-refractivity contribution >= 4 is 28.6 Å². The van der Waals surface area contributed by atoms with Gasteiger partial charge in [-0.05, 0) is 66.6 Å². The molecule has 0 bridgehead atoms. The third-order valence-electron chi connectivity index (χ3n) is 7.12. The predicted octanol–water partition coefficient (Wildman–Crippen LogP) is 6.83. The van der Waals surface area contributed by atoms with Crippen LogP contribution in [0.3, 0.4) is 0 Å². The Balaban J connectivity index is 1.25. The van der Waals surface area contributed by atoms with Crippen molar-refractivity contribution in [2.24, 2.45) is 0 Å². The van der Waals surface area contributed by atoms with Gasteiger partial charge in [0.05, 0.1) is 34.9 Å². The molecule has 0 radical (unpaired) electrons. The van der Waals surface area contributed by atoms with E-state index in [1.165, 1.54) is 36.4 Å². The SMILES string of the molecule is O=C(O)c1ccc2nc(Cc3ccc(-c4ccc(F)c(OCc5ccc(Cl)cc5F)n4)c(F)c3)n(C[C@@H]3CCO3)c2c1. The summed E-state index contributed by atoms with van der Waals surface area (Å²) in [5.74, 6) is -2.75. The number of benzene rings is 3. The number of pyridine rings is 1. The predicted molar refractivity (Wildman–Crippen MR) is 149 cm³/mol. The number of aromatic nitrogens is 3. The molecule has 11 heteroatoms. The van der Waals surface area contributed by atoms with Gasteiger partial charge in [0.15, 0.2) is 5.82 Å². The Morgan fingerprint density at radius 1 is 1.00 bits per heavy atom. The summed E-state index contributed by atoms with van der Waals surface area (Å²) in [7, 11) is 0. The zero-order valence-corrected chi connectivity index (χ0v) is 22.7. The van der Waals surface area contributed by atoms with Crippen molar-refractivity contribution in [3.8, 4) is 17.1 Å². The molecular weight excluding hydrogens is 571 g/mol. The molecule has 1 fully saturated rings. The molecule has 0 saturated carbocycles. The lowest BCUT2D eigenvalue weighted by atomic mass is 10.0. The number of hydrogen-bond donors (Lipinski definition) is 1. The van der Waals surface area contributed by atoms with E-state index in [-0.39, 0.29) is 46.5 Å². The van der Waals surface area contributed by atoms with E-state index in [1.807, 2.05) is 4.57 Å². The number of aromatic carboxylic acids is 1. The highest BCUT2D eigenvalue weighted by Crippen LogP contribution is 2.28. The van der Waals surface area contributed by atoms with Crippen LogP contribution in [0.5, 0.6) is 5.88 Å². The Labute approximate surface area is 243 Å². The van der Waals surface area contributed by atoms with Gasteiger partial charge in [-0.2, -0.15) is 0 Å². The minimum atomic E-state index is -1.04. The second-order valence-electron chi connectivity index (χ2n) is 9.93. The fourth-order valence-corrected chi connectivity index (χ4v) is 4.95. The molecule has 2 aromatic heterocycles. The van der Waals surface area contributed by atoms with E-state index in [0.717, 1.165) is 18.6 Å². The number of nitrogens with zero attached hydrogens (tertiary/aromatic N) is 3. The molecule has 1 atom stereocenters. The van der Waals surface area contributed by atoms with E-state index in [0.29, 0.717) is 35.6 Å². The van der Waals surface area contributed by atoms with Gasteiger partial charge in [0.2, 0.25) is 0 Å². The highest BCUT2D eigenvalue weighted by molar-refractivity contribution is 6.30. The molecule has 42 heavy (non-hydrogen) atoms. The van der Waals surface area contributed by atoms with Crippen molar-refractivity contribution in [2.75, 3.05) is 6.61 Å². The van der Waals surface area contributed by atoms with Gasteiger partial charge in [0, 0.05) is 29.2 Å². The van der Waals surface area contributed by atoms with Gasteiger partial charge in [0.25, 0.3) is 5.88 Å². The van der Waals surface area contributed by atoms with Crippen molar-refractivity contribution in [2.45, 2.75) is 32.1 Å². The van der Waals surface area contributed by atoms with E-state index >= 15 is 4.39 Å². The number of carbonyl (C=O) groups is 1. The van der Waals surface area contributed by atoms with Crippen molar-refractivity contribution in [3.63, 3.8) is 0 Å². The topological polar surface area (TPSA) is 86.5 Å². The Hall–Kier alpha value is -4.41. The first-order valence-corrected chi connectivity index (χ1v) is 13.5. The van der Waals surface area contributed by atoms with Crippen molar-refractivity contribution in [3.05, 3.63) is 112 Å². The van der Waals surface area contributed by atoms with Gasteiger partial charge >= 0.3 is 5.97 Å². The zero-order chi connectivity index (χ0) is 29.4. The summed E-state index contributed by atoms with van der Waals surface area (Å²) in [5.41, 5.74) is 2.50. The molecule has 0 unspecified atom stereocenters. The molecule has 1 saturated heterocycles. The zero-order valence-electron chi connectivity index (χ0n) is 22.0. The highest BCUT2D eigenvalue weighted by Gasteiger charge is 2.23. The molecule has 0 amide bonds. The van der Waals surface area contributed by atoms with Gasteiger partial charge in [0.1, 0.15) is 24.1 Å². The summed E-state index contributed by atoms with van der Waals surface area (Å²) >= 11 is 5.77. The van der Waals surface area contributed by atoms with Crippen LogP contribution in [0, 0.1) is 17.5 Å². The van der Waals surface area contributed by atoms with Crippen LogP contribution in [0.2, 0.25) is 5.02 Å². The van der Waals surface area contributed by atoms with Crippen LogP contribution in [-0.4, -0.2) is 38.3 Å². The van der Waals surface area contributed by atoms with Gasteiger partial charge in [-0.25, -0.2) is 27.9 Å². The Morgan fingerprint density at radius 2 is 1.83 bits per heavy atom. The molecular formula is C31H23ClF3N3O4. The Morgan fingerprint density at radius 3 is 2.55 bits per heavy atom. The van der Waals surface area contributed by atoms with Crippen LogP contribution in [0.4, 0.5) is 13.2 Å². The molecule has 5 aromatic rings. The van der Waals surface area contributed by atoms with Crippen molar-refractivity contribution in [1.29, 1.82) is 0 Å². The molecule has 0 aliphatic carbocycles. The number of rotatable bonds is 9. The molecule has 214 valence electrons. The fourth-order valence-electron chi connectivity index (χ4n) is 4.79. The van der Waals surface area contributed by atoms with Crippen molar-refractivity contribution in [1.82, 2.24) is 14.5 Å². The summed E-state index contributed by atoms with van der Waals surface area (Å²) in [5, 5.41) is 9.67. The fraction of sp³-hybridized carbons (Fsp3) is 0.194. The Kier molecular flexibility index (Phi) is 7.57. The molecule has 1 aliphatic heterocycles. The summed E-state index contributed by atoms with van der Waals surface area (Å²) in [6, 6.07) is 15.8. The van der Waals surface area contributed by atoms with Crippen LogP contribution < -0.4 is 4.74 Å². The molecule has 6 rings (SSSR count). The number of imidazole rings is 1. The maximum atomic E-state index is 15.4. The monoisotopic (exact) mass is 593 g/mol. The molecule has 3 heterocycles. The number of halogens is 4. The lowest BCUT2D eigenvalue weighted by Gasteiger charge is -2.27.